The Bertz CT molecular complexity index is 429. The van der Waals surface area contributed by atoms with E-state index < -0.39 is 17.8 Å². The van der Waals surface area contributed by atoms with Gasteiger partial charge in [0.1, 0.15) is 11.9 Å². The lowest BCUT2D eigenvalue weighted by Gasteiger charge is -2.12. The van der Waals surface area contributed by atoms with Crippen molar-refractivity contribution in [1.82, 2.24) is 5.32 Å². The average Bonchev–Trinajstić information content (AvgIpc) is 2.71. The highest BCUT2D eigenvalue weighted by molar-refractivity contribution is 7.99. The van der Waals surface area contributed by atoms with Crippen LogP contribution in [0.2, 0.25) is 5.02 Å². The molecule has 2 N–H and O–H groups in total. The first-order valence-electron chi connectivity index (χ1n) is 4.64. The number of carboxylic acid groups (broad SMARTS) is 1. The molecule has 0 radical (unpaired) electrons. The van der Waals surface area contributed by atoms with Gasteiger partial charge in [-0.15, -0.1) is 11.8 Å². The predicted octanol–water partition coefficient (Wildman–Crippen LogP) is 2.27. The van der Waals surface area contributed by atoms with Gasteiger partial charge in [0.2, 0.25) is 0 Å². The van der Waals surface area contributed by atoms with Crippen LogP contribution in [0, 0.1) is 5.82 Å². The first kappa shape index (κ1) is 11.7. The standard InChI is InChI=1S/C10H9ClFNO2S/c11-6-3-1-2-5(8(6)12)9-13-7(4-16-9)10(14)15/h1-3,7,9,13H,4H2,(H,14,15)/t7-,9?/m0/s1. The topological polar surface area (TPSA) is 49.3 Å². The van der Waals surface area contributed by atoms with Crippen LogP contribution in [0.1, 0.15) is 10.9 Å². The van der Waals surface area contributed by atoms with Gasteiger partial charge in [0, 0.05) is 11.3 Å². The summed E-state index contributed by atoms with van der Waals surface area (Å²) < 4.78 is 13.6. The van der Waals surface area contributed by atoms with E-state index in [1.54, 1.807) is 12.1 Å². The SMILES string of the molecule is O=C(O)[C@@H]1CSC(c2cccc(Cl)c2F)N1. The second-order valence-corrected chi connectivity index (χ2v) is 4.96. The van der Waals surface area contributed by atoms with Crippen molar-refractivity contribution in [1.29, 1.82) is 0 Å². The normalized spacial score (nSPS) is 24.6. The molecule has 2 atom stereocenters. The van der Waals surface area contributed by atoms with E-state index in [-0.39, 0.29) is 10.4 Å². The van der Waals surface area contributed by atoms with E-state index in [2.05, 4.69) is 5.32 Å². The van der Waals surface area contributed by atoms with Gasteiger partial charge in [-0.25, -0.2) is 4.39 Å². The number of halogens is 2. The minimum atomic E-state index is -0.919. The summed E-state index contributed by atoms with van der Waals surface area (Å²) in [5.41, 5.74) is 0.404. The van der Waals surface area contributed by atoms with Gasteiger partial charge >= 0.3 is 5.97 Å². The smallest absolute Gasteiger partial charge is 0.321 e. The Morgan fingerprint density at radius 3 is 3.00 bits per heavy atom. The maximum absolute atomic E-state index is 13.6. The fraction of sp³-hybridized carbons (Fsp3) is 0.300. The zero-order valence-electron chi connectivity index (χ0n) is 8.11. The second kappa shape index (κ2) is 4.61. The molecule has 0 amide bonds. The molecule has 0 bridgehead atoms. The lowest BCUT2D eigenvalue weighted by molar-refractivity contribution is -0.138. The number of rotatable bonds is 2. The van der Waals surface area contributed by atoms with Gasteiger partial charge in [-0.3, -0.25) is 10.1 Å². The van der Waals surface area contributed by atoms with E-state index in [0.29, 0.717) is 11.3 Å². The molecule has 1 unspecified atom stereocenters. The highest BCUT2D eigenvalue weighted by atomic mass is 35.5. The summed E-state index contributed by atoms with van der Waals surface area (Å²) in [6.45, 7) is 0. The van der Waals surface area contributed by atoms with Crippen LogP contribution < -0.4 is 5.32 Å². The summed E-state index contributed by atoms with van der Waals surface area (Å²) in [6.07, 6.45) is 0. The predicted molar refractivity (Wildman–Crippen MR) is 61.2 cm³/mol. The van der Waals surface area contributed by atoms with Crippen LogP contribution in [0.3, 0.4) is 0 Å². The summed E-state index contributed by atoms with van der Waals surface area (Å²) >= 11 is 7.03. The molecular formula is C10H9ClFNO2S. The summed E-state index contributed by atoms with van der Waals surface area (Å²) in [5.74, 6) is -0.982. The monoisotopic (exact) mass is 261 g/mol. The van der Waals surface area contributed by atoms with Crippen molar-refractivity contribution < 1.29 is 14.3 Å². The van der Waals surface area contributed by atoms with Crippen molar-refractivity contribution in [2.45, 2.75) is 11.4 Å². The Balaban J connectivity index is 2.21. The zero-order chi connectivity index (χ0) is 11.7. The van der Waals surface area contributed by atoms with E-state index >= 15 is 0 Å². The molecule has 1 heterocycles. The molecule has 0 aliphatic carbocycles. The molecule has 16 heavy (non-hydrogen) atoms. The Morgan fingerprint density at radius 2 is 2.38 bits per heavy atom. The number of thioether (sulfide) groups is 1. The molecule has 3 nitrogen and oxygen atoms in total. The maximum Gasteiger partial charge on any atom is 0.321 e. The number of hydrogen-bond donors (Lipinski definition) is 2. The van der Waals surface area contributed by atoms with Crippen LogP contribution in [0.25, 0.3) is 0 Å². The maximum atomic E-state index is 13.6. The second-order valence-electron chi connectivity index (χ2n) is 3.41. The highest BCUT2D eigenvalue weighted by Crippen LogP contribution is 2.35. The van der Waals surface area contributed by atoms with E-state index in [1.165, 1.54) is 17.8 Å². The van der Waals surface area contributed by atoms with Crippen LogP contribution in [0.4, 0.5) is 4.39 Å². The van der Waals surface area contributed by atoms with Crippen molar-refractivity contribution in [3.63, 3.8) is 0 Å². The Morgan fingerprint density at radius 1 is 1.62 bits per heavy atom. The summed E-state index contributed by atoms with van der Waals surface area (Å²) in [4.78, 5) is 10.7. The number of hydrogen-bond acceptors (Lipinski definition) is 3. The van der Waals surface area contributed by atoms with Gasteiger partial charge < -0.3 is 5.11 Å². The molecule has 2 rings (SSSR count). The number of nitrogens with one attached hydrogen (secondary N) is 1. The molecule has 1 aliphatic rings. The lowest BCUT2D eigenvalue weighted by atomic mass is 10.2. The highest BCUT2D eigenvalue weighted by Gasteiger charge is 2.31. The minimum Gasteiger partial charge on any atom is -0.480 e. The third-order valence-electron chi connectivity index (χ3n) is 2.34. The van der Waals surface area contributed by atoms with Gasteiger partial charge in [0.05, 0.1) is 10.4 Å². The van der Waals surface area contributed by atoms with Gasteiger partial charge in [0.15, 0.2) is 0 Å². The van der Waals surface area contributed by atoms with Crippen molar-refractivity contribution in [2.75, 3.05) is 5.75 Å². The number of carboxylic acids is 1. The molecular weight excluding hydrogens is 253 g/mol. The quantitative estimate of drug-likeness (QED) is 0.858. The summed E-state index contributed by atoms with van der Waals surface area (Å²) in [7, 11) is 0. The number of carbonyl (C=O) groups is 1. The Labute approximate surface area is 101 Å². The number of aliphatic carboxylic acids is 1. The molecule has 0 spiro atoms. The zero-order valence-corrected chi connectivity index (χ0v) is 9.69. The molecule has 1 saturated heterocycles. The largest absolute Gasteiger partial charge is 0.480 e. The molecule has 1 aliphatic heterocycles. The fourth-order valence-corrected chi connectivity index (χ4v) is 2.94. The molecule has 86 valence electrons. The van der Waals surface area contributed by atoms with Crippen LogP contribution >= 0.6 is 23.4 Å². The molecule has 0 saturated carbocycles. The first-order chi connectivity index (χ1) is 7.59. The van der Waals surface area contributed by atoms with Crippen molar-refractivity contribution in [3.05, 3.63) is 34.6 Å². The van der Waals surface area contributed by atoms with E-state index in [9.17, 15) is 9.18 Å². The first-order valence-corrected chi connectivity index (χ1v) is 6.06. The van der Waals surface area contributed by atoms with Crippen molar-refractivity contribution >= 4 is 29.3 Å². The third-order valence-corrected chi connectivity index (χ3v) is 3.89. The van der Waals surface area contributed by atoms with Crippen LogP contribution in [0.5, 0.6) is 0 Å². The van der Waals surface area contributed by atoms with Crippen molar-refractivity contribution in [3.8, 4) is 0 Å². The fourth-order valence-electron chi connectivity index (χ4n) is 1.52. The minimum absolute atomic E-state index is 0.0543. The molecule has 1 aromatic carbocycles. The average molecular weight is 262 g/mol. The molecule has 1 fully saturated rings. The van der Waals surface area contributed by atoms with Crippen LogP contribution in [-0.4, -0.2) is 22.9 Å². The van der Waals surface area contributed by atoms with Crippen molar-refractivity contribution in [2.24, 2.45) is 0 Å². The number of benzene rings is 1. The summed E-state index contributed by atoms with van der Waals surface area (Å²) in [6, 6.07) is 4.09. The summed E-state index contributed by atoms with van der Waals surface area (Å²) in [5, 5.41) is 11.4. The third kappa shape index (κ3) is 2.16. The van der Waals surface area contributed by atoms with E-state index in [4.69, 9.17) is 16.7 Å². The lowest BCUT2D eigenvalue weighted by Crippen LogP contribution is -2.33. The van der Waals surface area contributed by atoms with Crippen LogP contribution in [-0.2, 0) is 4.79 Å². The Kier molecular flexibility index (Phi) is 3.37. The van der Waals surface area contributed by atoms with E-state index in [0.717, 1.165) is 0 Å². The van der Waals surface area contributed by atoms with E-state index in [1.807, 2.05) is 0 Å². The van der Waals surface area contributed by atoms with Gasteiger partial charge in [-0.2, -0.15) is 0 Å². The molecule has 1 aromatic rings. The molecule has 0 aromatic heterocycles. The van der Waals surface area contributed by atoms with Gasteiger partial charge in [-0.05, 0) is 6.07 Å². The van der Waals surface area contributed by atoms with Gasteiger partial charge in [0.25, 0.3) is 0 Å². The molecule has 6 heteroatoms. The van der Waals surface area contributed by atoms with Gasteiger partial charge in [-0.1, -0.05) is 23.7 Å². The Hall–Kier alpha value is -0.780. The van der Waals surface area contributed by atoms with Crippen LogP contribution in [0.15, 0.2) is 18.2 Å².